The zero-order valence-corrected chi connectivity index (χ0v) is 17.0. The van der Waals surface area contributed by atoms with Crippen LogP contribution in [0.5, 0.6) is 5.75 Å². The lowest BCUT2D eigenvalue weighted by atomic mass is 10.0. The fourth-order valence-electron chi connectivity index (χ4n) is 3.30. The largest absolute Gasteiger partial charge is 0.497 e. The molecule has 3 heterocycles. The molecule has 1 aliphatic rings. The summed E-state index contributed by atoms with van der Waals surface area (Å²) in [6.45, 7) is 0.694. The molecule has 1 aromatic carbocycles. The van der Waals surface area contributed by atoms with Crippen LogP contribution in [0.4, 0.5) is 0 Å². The van der Waals surface area contributed by atoms with Crippen molar-refractivity contribution in [3.63, 3.8) is 0 Å². The number of rotatable bonds is 5. The predicted molar refractivity (Wildman–Crippen MR) is 113 cm³/mol. The maximum absolute atomic E-state index is 6.23. The topological polar surface area (TPSA) is 37.4 Å². The Balaban J connectivity index is 1.68. The molecule has 27 heavy (non-hydrogen) atoms. The Bertz CT molecular complexity index is 930. The van der Waals surface area contributed by atoms with Gasteiger partial charge in [-0.1, -0.05) is 29.8 Å². The Morgan fingerprint density at radius 2 is 2.00 bits per heavy atom. The first-order valence-corrected chi connectivity index (χ1v) is 10.1. The van der Waals surface area contributed by atoms with Gasteiger partial charge < -0.3 is 15.0 Å². The van der Waals surface area contributed by atoms with Crippen LogP contribution in [-0.4, -0.2) is 22.1 Å². The zero-order valence-electron chi connectivity index (χ0n) is 14.6. The van der Waals surface area contributed by atoms with E-state index in [1.165, 1.54) is 0 Å². The van der Waals surface area contributed by atoms with Gasteiger partial charge in [-0.2, -0.15) is 0 Å². The minimum Gasteiger partial charge on any atom is -0.497 e. The fourth-order valence-corrected chi connectivity index (χ4v) is 4.82. The average Bonchev–Trinajstić information content (AvgIpc) is 3.26. The maximum Gasteiger partial charge on any atom is 0.170 e. The molecule has 0 spiro atoms. The van der Waals surface area contributed by atoms with E-state index >= 15 is 0 Å². The van der Waals surface area contributed by atoms with Gasteiger partial charge in [-0.15, -0.1) is 11.3 Å². The van der Waals surface area contributed by atoms with E-state index in [2.05, 4.69) is 33.4 Å². The predicted octanol–water partition coefficient (Wildman–Crippen LogP) is 4.98. The smallest absolute Gasteiger partial charge is 0.170 e. The molecule has 1 N–H and O–H groups in total. The van der Waals surface area contributed by atoms with Crippen LogP contribution < -0.4 is 10.1 Å². The van der Waals surface area contributed by atoms with Gasteiger partial charge in [0.1, 0.15) is 5.75 Å². The monoisotopic (exact) mass is 415 g/mol. The van der Waals surface area contributed by atoms with E-state index in [1.807, 2.05) is 42.6 Å². The van der Waals surface area contributed by atoms with Crippen molar-refractivity contribution in [2.45, 2.75) is 18.6 Å². The molecule has 1 fully saturated rings. The summed E-state index contributed by atoms with van der Waals surface area (Å²) in [5.74, 6) is 0.842. The van der Waals surface area contributed by atoms with E-state index in [0.29, 0.717) is 6.54 Å². The lowest BCUT2D eigenvalue weighted by molar-refractivity contribution is 0.315. The number of hydrogen-bond donors (Lipinski definition) is 1. The summed E-state index contributed by atoms with van der Waals surface area (Å²) in [4.78, 5) is 7.92. The molecular weight excluding hydrogens is 398 g/mol. The van der Waals surface area contributed by atoms with Crippen LogP contribution in [0.25, 0.3) is 0 Å². The minimum absolute atomic E-state index is 0.0216. The number of benzene rings is 1. The summed E-state index contributed by atoms with van der Waals surface area (Å²) in [5.41, 5.74) is 2.13. The van der Waals surface area contributed by atoms with Gasteiger partial charge in [-0.3, -0.25) is 4.98 Å². The van der Waals surface area contributed by atoms with Crippen LogP contribution in [0.2, 0.25) is 4.34 Å². The molecule has 0 aliphatic carbocycles. The van der Waals surface area contributed by atoms with Crippen LogP contribution in [0.3, 0.4) is 0 Å². The van der Waals surface area contributed by atoms with Crippen molar-refractivity contribution in [3.8, 4) is 5.75 Å². The molecule has 1 aliphatic heterocycles. The van der Waals surface area contributed by atoms with Gasteiger partial charge in [0.25, 0.3) is 0 Å². The highest BCUT2D eigenvalue weighted by molar-refractivity contribution is 7.80. The van der Waals surface area contributed by atoms with Crippen molar-refractivity contribution in [1.82, 2.24) is 15.2 Å². The molecule has 4 nitrogen and oxygen atoms in total. The Morgan fingerprint density at radius 3 is 2.63 bits per heavy atom. The highest BCUT2D eigenvalue weighted by Crippen LogP contribution is 2.42. The lowest BCUT2D eigenvalue weighted by Crippen LogP contribution is -2.28. The number of thiocarbonyl (C=S) groups is 1. The van der Waals surface area contributed by atoms with Crippen LogP contribution in [0, 0.1) is 0 Å². The number of aromatic nitrogens is 1. The van der Waals surface area contributed by atoms with Gasteiger partial charge in [0.05, 0.1) is 29.2 Å². The van der Waals surface area contributed by atoms with Crippen molar-refractivity contribution < 1.29 is 4.74 Å². The Hall–Kier alpha value is -2.15. The number of halogens is 1. The average molecular weight is 416 g/mol. The van der Waals surface area contributed by atoms with Gasteiger partial charge in [0, 0.05) is 17.6 Å². The summed E-state index contributed by atoms with van der Waals surface area (Å²) in [6.07, 6.45) is 1.81. The number of ether oxygens (including phenoxy) is 1. The molecule has 7 heteroatoms. The molecule has 1 saturated heterocycles. The summed E-state index contributed by atoms with van der Waals surface area (Å²) in [6, 6.07) is 18.0. The van der Waals surface area contributed by atoms with Crippen LogP contribution in [0.1, 0.15) is 28.2 Å². The van der Waals surface area contributed by atoms with Crippen molar-refractivity contribution >= 4 is 40.3 Å². The van der Waals surface area contributed by atoms with E-state index in [0.717, 1.165) is 31.3 Å². The first-order chi connectivity index (χ1) is 13.2. The van der Waals surface area contributed by atoms with Crippen LogP contribution in [-0.2, 0) is 6.54 Å². The van der Waals surface area contributed by atoms with E-state index < -0.39 is 0 Å². The van der Waals surface area contributed by atoms with E-state index in [4.69, 9.17) is 28.6 Å². The summed E-state index contributed by atoms with van der Waals surface area (Å²) in [5, 5.41) is 4.17. The second-order valence-corrected chi connectivity index (χ2v) is 8.38. The third kappa shape index (κ3) is 3.78. The molecule has 0 radical (unpaired) electrons. The number of hydrogen-bond acceptors (Lipinski definition) is 4. The van der Waals surface area contributed by atoms with Gasteiger partial charge in [0.15, 0.2) is 5.11 Å². The van der Waals surface area contributed by atoms with Gasteiger partial charge in [-0.25, -0.2) is 0 Å². The van der Waals surface area contributed by atoms with Crippen molar-refractivity contribution in [3.05, 3.63) is 81.3 Å². The number of pyridine rings is 1. The third-order valence-electron chi connectivity index (χ3n) is 4.60. The number of nitrogens with zero attached hydrogens (tertiary/aromatic N) is 2. The molecule has 2 atom stereocenters. The van der Waals surface area contributed by atoms with Crippen molar-refractivity contribution in [2.75, 3.05) is 7.11 Å². The molecule has 0 unspecified atom stereocenters. The van der Waals surface area contributed by atoms with Gasteiger partial charge in [-0.05, 0) is 54.2 Å². The second kappa shape index (κ2) is 7.84. The summed E-state index contributed by atoms with van der Waals surface area (Å²) in [7, 11) is 1.67. The van der Waals surface area contributed by atoms with Gasteiger partial charge in [0.2, 0.25) is 0 Å². The highest BCUT2D eigenvalue weighted by atomic mass is 35.5. The highest BCUT2D eigenvalue weighted by Gasteiger charge is 2.40. The van der Waals surface area contributed by atoms with Crippen LogP contribution in [0.15, 0.2) is 60.8 Å². The minimum atomic E-state index is -0.0216. The molecule has 138 valence electrons. The fraction of sp³-hybridized carbons (Fsp3) is 0.200. The van der Waals surface area contributed by atoms with Crippen LogP contribution >= 0.6 is 35.2 Å². The first kappa shape index (κ1) is 18.2. The summed E-state index contributed by atoms with van der Waals surface area (Å²) < 4.78 is 6.03. The van der Waals surface area contributed by atoms with E-state index in [1.54, 1.807) is 18.4 Å². The van der Waals surface area contributed by atoms with Crippen molar-refractivity contribution in [1.29, 1.82) is 0 Å². The number of methoxy groups -OCH3 is 1. The zero-order chi connectivity index (χ0) is 18.8. The molecule has 4 rings (SSSR count). The lowest BCUT2D eigenvalue weighted by Gasteiger charge is -2.27. The molecule has 0 amide bonds. The first-order valence-electron chi connectivity index (χ1n) is 8.52. The number of thiophene rings is 1. The van der Waals surface area contributed by atoms with Crippen molar-refractivity contribution in [2.24, 2.45) is 0 Å². The Labute approximate surface area is 172 Å². The maximum atomic E-state index is 6.23. The third-order valence-corrected chi connectivity index (χ3v) is 6.25. The molecule has 0 saturated carbocycles. The summed E-state index contributed by atoms with van der Waals surface area (Å²) >= 11 is 13.5. The molecular formula is C20H18ClN3OS2. The second-order valence-electron chi connectivity index (χ2n) is 6.24. The number of nitrogens with one attached hydrogen (secondary N) is 1. The van der Waals surface area contributed by atoms with E-state index in [9.17, 15) is 0 Å². The normalized spacial score (nSPS) is 19.2. The molecule has 2 aromatic heterocycles. The SMILES string of the molecule is COc1ccc(CN2C(=S)N[C@H](c3ccccn3)[C@H]2c2ccc(Cl)s2)cc1. The molecule has 0 bridgehead atoms. The van der Waals surface area contributed by atoms with Gasteiger partial charge >= 0.3 is 0 Å². The molecule has 3 aromatic rings. The van der Waals surface area contributed by atoms with E-state index in [-0.39, 0.29) is 12.1 Å². The quantitative estimate of drug-likeness (QED) is 0.595. The standard InChI is InChI=1S/C20H18ClN3OS2/c1-25-14-7-5-13(6-8-14)12-24-19(16-9-10-17(21)27-16)18(23-20(24)26)15-4-2-3-11-22-15/h2-11,18-19H,12H2,1H3,(H,23,26)/t18-,19-/m1/s1. The Kier molecular flexibility index (Phi) is 5.29. The Morgan fingerprint density at radius 1 is 1.19 bits per heavy atom.